The van der Waals surface area contributed by atoms with Crippen molar-refractivity contribution in [1.82, 2.24) is 0 Å². The smallest absolute Gasteiger partial charge is 0.0751 e. The molecule has 0 aromatic carbocycles. The molecule has 0 heterocycles. The van der Waals surface area contributed by atoms with Gasteiger partial charge in [0.25, 0.3) is 0 Å². The van der Waals surface area contributed by atoms with E-state index in [9.17, 15) is 0 Å². The molecule has 3 heteroatoms. The van der Waals surface area contributed by atoms with E-state index in [-0.39, 0.29) is 7.43 Å². The predicted octanol–water partition coefficient (Wildman–Crippen LogP) is 3.12. The average Bonchev–Trinajstić information content (AvgIpc) is 1.71. The van der Waals surface area contributed by atoms with Crippen molar-refractivity contribution in [2.24, 2.45) is 0 Å². The predicted molar refractivity (Wildman–Crippen MR) is 63.3 cm³/mol. The third-order valence-corrected chi connectivity index (χ3v) is 0.949. The first-order valence-electron chi connectivity index (χ1n) is 2.51. The molecule has 0 aliphatic carbocycles. The second-order valence-corrected chi connectivity index (χ2v) is 2.61. The molecule has 0 radical (unpaired) electrons. The molecule has 0 aliphatic heterocycles. The van der Waals surface area contributed by atoms with Crippen molar-refractivity contribution in [2.75, 3.05) is 27.7 Å². The maximum atomic E-state index is 2.18. The molecule has 0 fully saturated rings. The summed E-state index contributed by atoms with van der Waals surface area (Å²) in [6.45, 7) is 3.39. The van der Waals surface area contributed by atoms with Gasteiger partial charge in [-0.3, -0.25) is 0 Å². The lowest BCUT2D eigenvalue weighted by atomic mass is 10.6. The monoisotopic (exact) mass is 358 g/mol. The van der Waals surface area contributed by atoms with Crippen molar-refractivity contribution < 1.29 is 4.48 Å². The molecule has 0 N–H and O–H groups in total. The minimum absolute atomic E-state index is 0. The SMILES string of the molecule is C.CC[N+](C)(C)C.II. The fourth-order valence-electron chi connectivity index (χ4n) is 0. The highest BCUT2D eigenvalue weighted by atomic mass is 128. The highest BCUT2D eigenvalue weighted by Crippen LogP contribution is 1.89. The van der Waals surface area contributed by atoms with Crippen molar-refractivity contribution in [2.45, 2.75) is 14.4 Å². The molecule has 0 saturated carbocycles. The molecular weight excluding hydrogens is 340 g/mol. The summed E-state index contributed by atoms with van der Waals surface area (Å²) in [5, 5.41) is 0. The van der Waals surface area contributed by atoms with Crippen LogP contribution in [0.4, 0.5) is 0 Å². The standard InChI is InChI=1S/C5H14N.CH4.I2/c1-5-6(2,3)4;;1-2/h5H2,1-4H3;1H4;/q+1;;. The summed E-state index contributed by atoms with van der Waals surface area (Å²) >= 11 is 4.24. The van der Waals surface area contributed by atoms with Crippen LogP contribution < -0.4 is 0 Å². The summed E-state index contributed by atoms with van der Waals surface area (Å²) in [5.74, 6) is 0. The van der Waals surface area contributed by atoms with E-state index in [1.165, 1.54) is 6.54 Å². The molecule has 0 aromatic heterocycles. The molecular formula is C6H18I2N+. The normalized spacial score (nSPS) is 8.67. The Morgan fingerprint density at radius 3 is 1.22 bits per heavy atom. The Hall–Kier alpha value is 1.42. The Kier molecular flexibility index (Phi) is 17.6. The first-order chi connectivity index (χ1) is 3.56. The van der Waals surface area contributed by atoms with Gasteiger partial charge in [-0.1, -0.05) is 7.43 Å². The Morgan fingerprint density at radius 1 is 1.11 bits per heavy atom. The highest BCUT2D eigenvalue weighted by molar-refractivity contribution is 15.0. The number of halogens is 2. The first-order valence-corrected chi connectivity index (χ1v) is 8.79. The van der Waals surface area contributed by atoms with Gasteiger partial charge in [-0.15, -0.1) is 0 Å². The molecule has 1 nitrogen and oxygen atoms in total. The average molecular weight is 358 g/mol. The molecule has 0 unspecified atom stereocenters. The van der Waals surface area contributed by atoms with Crippen molar-refractivity contribution >= 4 is 37.2 Å². The molecule has 0 atom stereocenters. The van der Waals surface area contributed by atoms with Crippen LogP contribution in [0.5, 0.6) is 0 Å². The molecule has 0 saturated heterocycles. The van der Waals surface area contributed by atoms with Crippen molar-refractivity contribution in [3.8, 4) is 0 Å². The van der Waals surface area contributed by atoms with Crippen LogP contribution >= 0.6 is 37.2 Å². The summed E-state index contributed by atoms with van der Waals surface area (Å²) in [6.07, 6.45) is 0. The number of nitrogens with zero attached hydrogens (tertiary/aromatic N) is 1. The maximum Gasteiger partial charge on any atom is 0.0751 e. The van der Waals surface area contributed by atoms with Crippen molar-refractivity contribution in [1.29, 1.82) is 0 Å². The Labute approximate surface area is 83.1 Å². The minimum Gasteiger partial charge on any atom is -0.331 e. The van der Waals surface area contributed by atoms with E-state index in [2.05, 4.69) is 65.3 Å². The zero-order chi connectivity index (χ0) is 7.21. The van der Waals surface area contributed by atoms with Crippen LogP contribution in [0.25, 0.3) is 0 Å². The van der Waals surface area contributed by atoms with E-state index < -0.39 is 0 Å². The summed E-state index contributed by atoms with van der Waals surface area (Å²) in [7, 11) is 6.54. The fourth-order valence-corrected chi connectivity index (χ4v) is 0. The number of rotatable bonds is 1. The van der Waals surface area contributed by atoms with E-state index in [0.29, 0.717) is 0 Å². The zero-order valence-corrected chi connectivity index (χ0v) is 10.2. The molecule has 0 rings (SSSR count). The fraction of sp³-hybridized carbons (Fsp3) is 1.00. The van der Waals surface area contributed by atoms with E-state index in [1.807, 2.05) is 0 Å². The number of hydrogen-bond donors (Lipinski definition) is 0. The third kappa shape index (κ3) is 26.5. The lowest BCUT2D eigenvalue weighted by Crippen LogP contribution is -2.33. The summed E-state index contributed by atoms with van der Waals surface area (Å²) in [6, 6.07) is 0. The van der Waals surface area contributed by atoms with E-state index in [4.69, 9.17) is 0 Å². The molecule has 0 amide bonds. The van der Waals surface area contributed by atoms with Crippen LogP contribution in [-0.4, -0.2) is 32.2 Å². The van der Waals surface area contributed by atoms with Crippen LogP contribution in [0.3, 0.4) is 0 Å². The molecule has 0 bridgehead atoms. The third-order valence-electron chi connectivity index (χ3n) is 0.949. The lowest BCUT2D eigenvalue weighted by Gasteiger charge is -2.20. The summed E-state index contributed by atoms with van der Waals surface area (Å²) in [4.78, 5) is 0. The van der Waals surface area contributed by atoms with E-state index in [0.717, 1.165) is 4.48 Å². The second-order valence-electron chi connectivity index (χ2n) is 2.61. The van der Waals surface area contributed by atoms with Crippen LogP contribution in [0, 0.1) is 0 Å². The van der Waals surface area contributed by atoms with Gasteiger partial charge in [0.2, 0.25) is 0 Å². The van der Waals surface area contributed by atoms with Gasteiger partial charge in [-0.2, -0.15) is 0 Å². The lowest BCUT2D eigenvalue weighted by molar-refractivity contribution is -0.868. The van der Waals surface area contributed by atoms with Crippen LogP contribution in [0.2, 0.25) is 0 Å². The highest BCUT2D eigenvalue weighted by Gasteiger charge is 1.97. The minimum atomic E-state index is 0. The van der Waals surface area contributed by atoms with Gasteiger partial charge < -0.3 is 4.48 Å². The van der Waals surface area contributed by atoms with Gasteiger partial charge in [-0.25, -0.2) is 0 Å². The quantitative estimate of drug-likeness (QED) is 0.499. The van der Waals surface area contributed by atoms with Crippen molar-refractivity contribution in [3.63, 3.8) is 0 Å². The van der Waals surface area contributed by atoms with Gasteiger partial charge in [0, 0.05) is 37.2 Å². The molecule has 0 aliphatic rings. The molecule has 0 spiro atoms. The second kappa shape index (κ2) is 9.42. The Morgan fingerprint density at radius 2 is 1.22 bits per heavy atom. The molecule has 60 valence electrons. The Balaban J connectivity index is -0.000000109. The summed E-state index contributed by atoms with van der Waals surface area (Å²) < 4.78 is 1.07. The van der Waals surface area contributed by atoms with Gasteiger partial charge in [0.05, 0.1) is 27.7 Å². The number of hydrogen-bond acceptors (Lipinski definition) is 0. The van der Waals surface area contributed by atoms with Crippen LogP contribution in [0.15, 0.2) is 0 Å². The van der Waals surface area contributed by atoms with Gasteiger partial charge in [0.15, 0.2) is 0 Å². The molecule has 0 aromatic rings. The zero-order valence-electron chi connectivity index (χ0n) is 5.91. The van der Waals surface area contributed by atoms with E-state index in [1.54, 1.807) is 0 Å². The topological polar surface area (TPSA) is 0 Å². The van der Waals surface area contributed by atoms with Crippen molar-refractivity contribution in [3.05, 3.63) is 0 Å². The molecule has 9 heavy (non-hydrogen) atoms. The first kappa shape index (κ1) is 16.8. The number of quaternary nitrogens is 1. The van der Waals surface area contributed by atoms with E-state index >= 15 is 0 Å². The largest absolute Gasteiger partial charge is 0.331 e. The van der Waals surface area contributed by atoms with Gasteiger partial charge in [-0.05, 0) is 6.92 Å². The maximum absolute atomic E-state index is 2.18. The van der Waals surface area contributed by atoms with Crippen LogP contribution in [-0.2, 0) is 0 Å². The van der Waals surface area contributed by atoms with Gasteiger partial charge >= 0.3 is 0 Å². The Bertz CT molecular complexity index is 40.8. The summed E-state index contributed by atoms with van der Waals surface area (Å²) in [5.41, 5.74) is 0. The van der Waals surface area contributed by atoms with Gasteiger partial charge in [0.1, 0.15) is 0 Å². The van der Waals surface area contributed by atoms with Crippen LogP contribution in [0.1, 0.15) is 14.4 Å².